The van der Waals surface area contributed by atoms with E-state index in [0.717, 1.165) is 31.6 Å². The Morgan fingerprint density at radius 1 is 1.44 bits per heavy atom. The number of anilines is 1. The number of halogens is 2. The van der Waals surface area contributed by atoms with E-state index in [4.69, 9.17) is 4.74 Å². The predicted molar refractivity (Wildman–Crippen MR) is 66.9 cm³/mol. The van der Waals surface area contributed by atoms with Crippen molar-refractivity contribution in [1.82, 2.24) is 5.32 Å². The van der Waals surface area contributed by atoms with Crippen molar-refractivity contribution in [3.8, 4) is 0 Å². The maximum absolute atomic E-state index is 13.5. The van der Waals surface area contributed by atoms with Gasteiger partial charge in [-0.15, -0.1) is 0 Å². The van der Waals surface area contributed by atoms with Crippen molar-refractivity contribution >= 4 is 5.69 Å². The molecule has 100 valence electrons. The summed E-state index contributed by atoms with van der Waals surface area (Å²) < 4.78 is 32.2. The minimum absolute atomic E-state index is 0.151. The molecule has 18 heavy (non-hydrogen) atoms. The van der Waals surface area contributed by atoms with Crippen molar-refractivity contribution in [2.45, 2.75) is 12.5 Å². The van der Waals surface area contributed by atoms with Crippen LogP contribution in [0.1, 0.15) is 6.42 Å². The second kappa shape index (κ2) is 6.11. The van der Waals surface area contributed by atoms with Gasteiger partial charge in [-0.3, -0.25) is 0 Å². The summed E-state index contributed by atoms with van der Waals surface area (Å²) >= 11 is 0. The van der Waals surface area contributed by atoms with Crippen LogP contribution in [0.2, 0.25) is 0 Å². The van der Waals surface area contributed by atoms with Gasteiger partial charge in [0.15, 0.2) is 0 Å². The first kappa shape index (κ1) is 13.2. The number of morpholine rings is 1. The number of nitrogens with zero attached hydrogens (tertiary/aromatic N) is 1. The Hall–Kier alpha value is -1.20. The molecule has 1 saturated heterocycles. The summed E-state index contributed by atoms with van der Waals surface area (Å²) in [5.74, 6) is -0.824. The molecule has 3 nitrogen and oxygen atoms in total. The highest BCUT2D eigenvalue weighted by Crippen LogP contribution is 2.19. The van der Waals surface area contributed by atoms with Crippen molar-refractivity contribution in [3.05, 3.63) is 29.8 Å². The molecule has 1 fully saturated rings. The van der Waals surface area contributed by atoms with Crippen LogP contribution >= 0.6 is 0 Å². The van der Waals surface area contributed by atoms with E-state index in [9.17, 15) is 8.78 Å². The second-order valence-corrected chi connectivity index (χ2v) is 4.50. The van der Waals surface area contributed by atoms with Gasteiger partial charge < -0.3 is 15.0 Å². The van der Waals surface area contributed by atoms with E-state index >= 15 is 0 Å². The zero-order valence-corrected chi connectivity index (χ0v) is 10.5. The molecule has 1 aromatic carbocycles. The highest BCUT2D eigenvalue weighted by atomic mass is 19.1. The van der Waals surface area contributed by atoms with E-state index < -0.39 is 11.6 Å². The molecule has 0 amide bonds. The van der Waals surface area contributed by atoms with E-state index in [1.54, 1.807) is 11.9 Å². The minimum atomic E-state index is -0.422. The Morgan fingerprint density at radius 2 is 2.28 bits per heavy atom. The van der Waals surface area contributed by atoms with Crippen molar-refractivity contribution in [1.29, 1.82) is 0 Å². The van der Waals surface area contributed by atoms with Crippen LogP contribution in [0.4, 0.5) is 14.5 Å². The fraction of sp³-hybridized carbons (Fsp3) is 0.538. The van der Waals surface area contributed by atoms with E-state index in [1.165, 1.54) is 6.07 Å². The first-order chi connectivity index (χ1) is 8.66. The van der Waals surface area contributed by atoms with E-state index in [1.807, 2.05) is 0 Å². The summed E-state index contributed by atoms with van der Waals surface area (Å²) in [4.78, 5) is 1.72. The highest BCUT2D eigenvalue weighted by molar-refractivity contribution is 5.47. The molecule has 0 aromatic heterocycles. The molecule has 1 aliphatic rings. The summed E-state index contributed by atoms with van der Waals surface area (Å²) in [6.07, 6.45) is 0.942. The lowest BCUT2D eigenvalue weighted by atomic mass is 10.2. The molecule has 0 aliphatic carbocycles. The Labute approximate surface area is 106 Å². The Kier molecular flexibility index (Phi) is 4.49. The number of hydrogen-bond donors (Lipinski definition) is 1. The van der Waals surface area contributed by atoms with Gasteiger partial charge in [0.05, 0.1) is 18.4 Å². The van der Waals surface area contributed by atoms with Crippen LogP contribution in [0.5, 0.6) is 0 Å². The van der Waals surface area contributed by atoms with Crippen molar-refractivity contribution in [3.63, 3.8) is 0 Å². The van der Waals surface area contributed by atoms with Crippen molar-refractivity contribution in [2.24, 2.45) is 0 Å². The van der Waals surface area contributed by atoms with Crippen molar-refractivity contribution < 1.29 is 13.5 Å². The van der Waals surface area contributed by atoms with Crippen LogP contribution in [0, 0.1) is 11.6 Å². The van der Waals surface area contributed by atoms with Gasteiger partial charge in [-0.25, -0.2) is 8.78 Å². The Balaban J connectivity index is 1.90. The highest BCUT2D eigenvalue weighted by Gasteiger charge is 2.15. The third kappa shape index (κ3) is 3.40. The molecule has 1 unspecified atom stereocenters. The molecular weight excluding hydrogens is 238 g/mol. The lowest BCUT2D eigenvalue weighted by molar-refractivity contribution is 0.0250. The van der Waals surface area contributed by atoms with Gasteiger partial charge in [0.25, 0.3) is 0 Å². The zero-order valence-electron chi connectivity index (χ0n) is 10.5. The number of hydrogen-bond acceptors (Lipinski definition) is 3. The zero-order chi connectivity index (χ0) is 13.0. The lowest BCUT2D eigenvalue weighted by Gasteiger charge is -2.27. The van der Waals surface area contributed by atoms with Gasteiger partial charge in [-0.1, -0.05) is 0 Å². The van der Waals surface area contributed by atoms with Crippen molar-refractivity contribution in [2.75, 3.05) is 38.2 Å². The fourth-order valence-electron chi connectivity index (χ4n) is 2.04. The SMILES string of the molecule is CN(CCC1CNCCO1)c1cc(F)ccc1F. The monoisotopic (exact) mass is 256 g/mol. The third-order valence-corrected chi connectivity index (χ3v) is 3.11. The molecular formula is C13H18F2N2O. The molecule has 5 heteroatoms. The normalized spacial score (nSPS) is 19.8. The van der Waals surface area contributed by atoms with E-state index in [-0.39, 0.29) is 6.10 Å². The third-order valence-electron chi connectivity index (χ3n) is 3.11. The predicted octanol–water partition coefficient (Wildman–Crippen LogP) is 1.78. The standard InChI is InChI=1S/C13H18F2N2O/c1-17(6-4-11-9-16-5-7-18-11)13-8-10(14)2-3-12(13)15/h2-3,8,11,16H,4-7,9H2,1H3. The lowest BCUT2D eigenvalue weighted by Crippen LogP contribution is -2.40. The van der Waals surface area contributed by atoms with Crippen LogP contribution < -0.4 is 10.2 Å². The van der Waals surface area contributed by atoms with Gasteiger partial charge in [0.1, 0.15) is 11.6 Å². The Bertz CT molecular complexity index is 395. The van der Waals surface area contributed by atoms with Crippen LogP contribution in [0.3, 0.4) is 0 Å². The number of nitrogens with one attached hydrogen (secondary N) is 1. The molecule has 1 N–H and O–H groups in total. The van der Waals surface area contributed by atoms with E-state index in [2.05, 4.69) is 5.32 Å². The minimum Gasteiger partial charge on any atom is -0.376 e. The maximum Gasteiger partial charge on any atom is 0.146 e. The molecule has 0 radical (unpaired) electrons. The molecule has 0 spiro atoms. The fourth-order valence-corrected chi connectivity index (χ4v) is 2.04. The molecule has 0 saturated carbocycles. The average Bonchev–Trinajstić information content (AvgIpc) is 2.40. The summed E-state index contributed by atoms with van der Waals surface area (Å²) in [5.41, 5.74) is 0.291. The molecule has 1 aromatic rings. The number of ether oxygens (including phenoxy) is 1. The van der Waals surface area contributed by atoms with Gasteiger partial charge in [-0.2, -0.15) is 0 Å². The summed E-state index contributed by atoms with van der Waals surface area (Å²) in [6.45, 7) is 3.04. The molecule has 2 rings (SSSR count). The van der Waals surface area contributed by atoms with E-state index in [0.29, 0.717) is 18.8 Å². The number of rotatable bonds is 4. The molecule has 1 aliphatic heterocycles. The van der Waals surface area contributed by atoms with Crippen LogP contribution in [0.15, 0.2) is 18.2 Å². The average molecular weight is 256 g/mol. The first-order valence-corrected chi connectivity index (χ1v) is 6.15. The van der Waals surface area contributed by atoms with Gasteiger partial charge in [-0.05, 0) is 18.6 Å². The smallest absolute Gasteiger partial charge is 0.146 e. The summed E-state index contributed by atoms with van der Waals surface area (Å²) in [6, 6.07) is 3.50. The maximum atomic E-state index is 13.5. The molecule has 0 bridgehead atoms. The number of benzene rings is 1. The summed E-state index contributed by atoms with van der Waals surface area (Å²) in [7, 11) is 1.76. The van der Waals surface area contributed by atoms with Gasteiger partial charge in [0.2, 0.25) is 0 Å². The molecule has 1 atom stereocenters. The second-order valence-electron chi connectivity index (χ2n) is 4.50. The Morgan fingerprint density at radius 3 is 3.00 bits per heavy atom. The van der Waals surface area contributed by atoms with Crippen LogP contribution in [-0.2, 0) is 4.74 Å². The topological polar surface area (TPSA) is 24.5 Å². The van der Waals surface area contributed by atoms with Gasteiger partial charge >= 0.3 is 0 Å². The summed E-state index contributed by atoms with van der Waals surface area (Å²) in [5, 5.41) is 3.24. The first-order valence-electron chi connectivity index (χ1n) is 6.15. The molecule has 1 heterocycles. The van der Waals surface area contributed by atoms with Crippen LogP contribution in [-0.4, -0.2) is 39.4 Å². The quantitative estimate of drug-likeness (QED) is 0.888. The van der Waals surface area contributed by atoms with Crippen LogP contribution in [0.25, 0.3) is 0 Å². The largest absolute Gasteiger partial charge is 0.376 e. The van der Waals surface area contributed by atoms with Gasteiger partial charge in [0, 0.05) is 32.7 Å².